The lowest BCUT2D eigenvalue weighted by molar-refractivity contribution is -0.122. The number of aromatic nitrogens is 1. The van der Waals surface area contributed by atoms with Gasteiger partial charge in [-0.25, -0.2) is 13.6 Å². The summed E-state index contributed by atoms with van der Waals surface area (Å²) in [6, 6.07) is 15.4. The molecular formula is C35H35F2N5O5. The van der Waals surface area contributed by atoms with Crippen LogP contribution in [0.5, 0.6) is 5.75 Å². The third kappa shape index (κ3) is 7.42. The summed E-state index contributed by atoms with van der Waals surface area (Å²) in [7, 11) is 1.48. The number of nitrogens with one attached hydrogen (secondary N) is 1. The monoisotopic (exact) mass is 643 g/mol. The van der Waals surface area contributed by atoms with Crippen molar-refractivity contribution in [1.29, 1.82) is 5.26 Å². The first-order valence-electron chi connectivity index (χ1n) is 15.0. The highest BCUT2D eigenvalue weighted by Gasteiger charge is 2.36. The summed E-state index contributed by atoms with van der Waals surface area (Å²) in [5, 5.41) is 13.2. The Balaban J connectivity index is 1.66. The van der Waals surface area contributed by atoms with E-state index < -0.39 is 41.2 Å². The number of carbonyl (C=O) groups is 2. The molecule has 244 valence electrons. The van der Waals surface area contributed by atoms with Gasteiger partial charge in [-0.05, 0) is 68.7 Å². The summed E-state index contributed by atoms with van der Waals surface area (Å²) in [5.41, 5.74) is 8.55. The zero-order chi connectivity index (χ0) is 33.9. The number of amides is 2. The van der Waals surface area contributed by atoms with Crippen LogP contribution in [-0.2, 0) is 14.3 Å². The predicted molar refractivity (Wildman–Crippen MR) is 172 cm³/mol. The molecule has 4 aromatic rings. The summed E-state index contributed by atoms with van der Waals surface area (Å²) >= 11 is 0. The van der Waals surface area contributed by atoms with E-state index in [4.69, 9.17) is 19.9 Å². The molecule has 1 aromatic heterocycles. The molecule has 3 N–H and O–H groups in total. The van der Waals surface area contributed by atoms with Crippen LogP contribution in [0.2, 0.25) is 0 Å². The summed E-state index contributed by atoms with van der Waals surface area (Å²) in [4.78, 5) is 31.9. The number of piperidine rings is 1. The number of alkyl carbamates (subject to hydrolysis) is 1. The van der Waals surface area contributed by atoms with E-state index in [2.05, 4.69) is 16.4 Å². The molecule has 2 amide bonds. The number of para-hydroxylation sites is 1. The van der Waals surface area contributed by atoms with E-state index >= 15 is 0 Å². The highest BCUT2D eigenvalue weighted by molar-refractivity contribution is 6.02. The second kappa shape index (κ2) is 13.6. The van der Waals surface area contributed by atoms with E-state index in [1.54, 1.807) is 45.2 Å². The number of pyridine rings is 1. The van der Waals surface area contributed by atoms with Crippen LogP contribution in [0.1, 0.15) is 32.8 Å². The average Bonchev–Trinajstić information content (AvgIpc) is 3.01. The predicted octanol–water partition coefficient (Wildman–Crippen LogP) is 5.91. The topological polar surface area (TPSA) is 140 Å². The van der Waals surface area contributed by atoms with Crippen molar-refractivity contribution < 1.29 is 32.6 Å². The molecule has 0 saturated carbocycles. The van der Waals surface area contributed by atoms with Gasteiger partial charge in [-0.15, -0.1) is 0 Å². The second-order valence-electron chi connectivity index (χ2n) is 12.3. The number of halogens is 2. The van der Waals surface area contributed by atoms with E-state index in [9.17, 15) is 23.6 Å². The SMILES string of the molecule is COCOc1c(C#N)cccc1-c1ccc2ncc(-c3cc(F)cc(F)c3)c(N3CCC(NC(=O)OC(C)(C)C)C(C(N)=O)C3)c2c1. The molecule has 1 saturated heterocycles. The number of carbonyl (C=O) groups excluding carboxylic acids is 2. The number of ether oxygens (including phenoxy) is 3. The van der Waals surface area contributed by atoms with Crippen molar-refractivity contribution in [1.82, 2.24) is 10.3 Å². The minimum Gasteiger partial charge on any atom is -0.466 e. The Morgan fingerprint density at radius 3 is 2.49 bits per heavy atom. The number of anilines is 1. The van der Waals surface area contributed by atoms with Gasteiger partial charge in [0.05, 0.1) is 22.7 Å². The molecule has 12 heteroatoms. The van der Waals surface area contributed by atoms with Crippen LogP contribution in [0.3, 0.4) is 0 Å². The first-order valence-corrected chi connectivity index (χ1v) is 15.0. The van der Waals surface area contributed by atoms with Gasteiger partial charge in [-0.2, -0.15) is 5.26 Å². The number of rotatable bonds is 8. The molecule has 3 aromatic carbocycles. The van der Waals surface area contributed by atoms with Crippen molar-refractivity contribution in [2.45, 2.75) is 38.8 Å². The number of fused-ring (bicyclic) bond motifs is 1. The lowest BCUT2D eigenvalue weighted by Crippen LogP contribution is -2.55. The van der Waals surface area contributed by atoms with Gasteiger partial charge in [-0.1, -0.05) is 18.2 Å². The van der Waals surface area contributed by atoms with Crippen molar-refractivity contribution in [2.24, 2.45) is 11.7 Å². The lowest BCUT2D eigenvalue weighted by Gasteiger charge is -2.40. The lowest BCUT2D eigenvalue weighted by atomic mass is 9.89. The Morgan fingerprint density at radius 1 is 1.09 bits per heavy atom. The molecule has 0 bridgehead atoms. The zero-order valence-corrected chi connectivity index (χ0v) is 26.5. The molecular weight excluding hydrogens is 608 g/mol. The number of hydrogen-bond donors (Lipinski definition) is 2. The minimum atomic E-state index is -0.818. The van der Waals surface area contributed by atoms with Gasteiger partial charge < -0.3 is 30.2 Å². The quantitative estimate of drug-likeness (QED) is 0.226. The van der Waals surface area contributed by atoms with Crippen LogP contribution in [0.25, 0.3) is 33.2 Å². The van der Waals surface area contributed by atoms with E-state index in [0.29, 0.717) is 57.6 Å². The van der Waals surface area contributed by atoms with Gasteiger partial charge in [0, 0.05) is 55.0 Å². The molecule has 47 heavy (non-hydrogen) atoms. The van der Waals surface area contributed by atoms with Crippen LogP contribution in [0.15, 0.2) is 60.8 Å². The third-order valence-corrected chi connectivity index (χ3v) is 7.78. The maximum atomic E-state index is 14.5. The summed E-state index contributed by atoms with van der Waals surface area (Å²) in [6.45, 7) is 5.58. The van der Waals surface area contributed by atoms with Gasteiger partial charge in [0.15, 0.2) is 6.79 Å². The highest BCUT2D eigenvalue weighted by Crippen LogP contribution is 2.42. The molecule has 2 heterocycles. The smallest absolute Gasteiger partial charge is 0.407 e. The molecule has 0 aliphatic carbocycles. The maximum Gasteiger partial charge on any atom is 0.407 e. The standard InChI is InChI=1S/C35H35F2N5O5/c1-35(2,3)47-34(44)41-30-10-11-42(18-28(30)33(39)43)31-26-14-20(25-7-5-6-21(16-38)32(25)46-19-45-4)8-9-29(26)40-17-27(31)22-12-23(36)15-24(37)13-22/h5-9,12-15,17,28,30H,10-11,18-19H2,1-4H3,(H2,39,43)(H,41,44). The van der Waals surface area contributed by atoms with E-state index in [1.165, 1.54) is 19.2 Å². The minimum absolute atomic E-state index is 0.0812. The van der Waals surface area contributed by atoms with Crippen LogP contribution in [0, 0.1) is 28.9 Å². The third-order valence-electron chi connectivity index (χ3n) is 7.78. The number of hydrogen-bond acceptors (Lipinski definition) is 8. The van der Waals surface area contributed by atoms with Crippen molar-refractivity contribution in [3.63, 3.8) is 0 Å². The molecule has 1 fully saturated rings. The summed E-state index contributed by atoms with van der Waals surface area (Å²) < 4.78 is 45.4. The normalized spacial score (nSPS) is 16.4. The zero-order valence-electron chi connectivity index (χ0n) is 26.5. The summed E-state index contributed by atoms with van der Waals surface area (Å²) in [5.74, 6) is -2.63. The van der Waals surface area contributed by atoms with E-state index in [1.807, 2.05) is 23.1 Å². The number of methoxy groups -OCH3 is 1. The molecule has 2 atom stereocenters. The Labute approximate surface area is 271 Å². The molecule has 0 spiro atoms. The molecule has 0 radical (unpaired) electrons. The maximum absolute atomic E-state index is 14.5. The molecule has 5 rings (SSSR count). The fourth-order valence-corrected chi connectivity index (χ4v) is 5.81. The number of primary amides is 1. The molecule has 1 aliphatic rings. The first kappa shape index (κ1) is 33.1. The van der Waals surface area contributed by atoms with Gasteiger partial charge in [0.2, 0.25) is 5.91 Å². The van der Waals surface area contributed by atoms with Crippen molar-refractivity contribution in [3.8, 4) is 34.1 Å². The number of benzene rings is 3. The van der Waals surface area contributed by atoms with E-state index in [0.717, 1.165) is 6.07 Å². The number of nitrogens with two attached hydrogens (primary N) is 1. The molecule has 1 aliphatic heterocycles. The Kier molecular flexibility index (Phi) is 9.58. The van der Waals surface area contributed by atoms with Crippen LogP contribution in [-0.4, -0.2) is 55.6 Å². The molecule has 2 unspecified atom stereocenters. The average molecular weight is 644 g/mol. The van der Waals surface area contributed by atoms with Gasteiger partial charge in [0.25, 0.3) is 0 Å². The van der Waals surface area contributed by atoms with Gasteiger partial charge in [-0.3, -0.25) is 9.78 Å². The van der Waals surface area contributed by atoms with E-state index in [-0.39, 0.29) is 18.9 Å². The van der Waals surface area contributed by atoms with Gasteiger partial charge in [0.1, 0.15) is 29.1 Å². The second-order valence-corrected chi connectivity index (χ2v) is 12.3. The largest absolute Gasteiger partial charge is 0.466 e. The fourth-order valence-electron chi connectivity index (χ4n) is 5.81. The molecule has 10 nitrogen and oxygen atoms in total. The summed E-state index contributed by atoms with van der Waals surface area (Å²) in [6.07, 6.45) is 1.20. The van der Waals surface area contributed by atoms with Crippen molar-refractivity contribution in [3.05, 3.63) is 78.0 Å². The Morgan fingerprint density at radius 2 is 1.83 bits per heavy atom. The Hall–Kier alpha value is -5.28. The highest BCUT2D eigenvalue weighted by atomic mass is 19.1. The van der Waals surface area contributed by atoms with Crippen LogP contribution in [0.4, 0.5) is 19.3 Å². The number of nitrogens with zero attached hydrogens (tertiary/aromatic N) is 3. The van der Waals surface area contributed by atoms with Crippen molar-refractivity contribution in [2.75, 3.05) is 31.9 Å². The number of nitriles is 1. The van der Waals surface area contributed by atoms with Crippen LogP contribution < -0.4 is 20.7 Å². The van der Waals surface area contributed by atoms with Gasteiger partial charge >= 0.3 is 6.09 Å². The fraction of sp³-hybridized carbons (Fsp3) is 0.314. The first-order chi connectivity index (χ1) is 22.4. The van der Waals surface area contributed by atoms with Crippen molar-refractivity contribution >= 4 is 28.6 Å². The Bertz CT molecular complexity index is 1850. The van der Waals surface area contributed by atoms with Crippen LogP contribution >= 0.6 is 0 Å².